The molecular formula is C12H17FO. The molecule has 1 aromatic rings. The molecule has 0 spiro atoms. The zero-order valence-corrected chi connectivity index (χ0v) is 8.97. The molecule has 14 heavy (non-hydrogen) atoms. The molecule has 1 nitrogen and oxygen atoms in total. The van der Waals surface area contributed by atoms with Crippen molar-refractivity contribution < 1.29 is 9.50 Å². The van der Waals surface area contributed by atoms with Crippen LogP contribution < -0.4 is 0 Å². The highest BCUT2D eigenvalue weighted by atomic mass is 19.1. The minimum Gasteiger partial charge on any atom is -0.385 e. The van der Waals surface area contributed by atoms with Crippen molar-refractivity contribution in [2.24, 2.45) is 0 Å². The number of hydrogen-bond donors (Lipinski definition) is 1. The van der Waals surface area contributed by atoms with Crippen LogP contribution in [0.1, 0.15) is 37.8 Å². The molecule has 0 aliphatic rings. The first-order valence-corrected chi connectivity index (χ1v) is 4.97. The van der Waals surface area contributed by atoms with Crippen LogP contribution in [0.5, 0.6) is 0 Å². The van der Waals surface area contributed by atoms with Crippen LogP contribution in [-0.2, 0) is 5.60 Å². The second-order valence-electron chi connectivity index (χ2n) is 3.94. The highest BCUT2D eigenvalue weighted by Gasteiger charge is 2.24. The number of rotatable bonds is 3. The largest absolute Gasteiger partial charge is 0.385 e. The third-order valence-corrected chi connectivity index (χ3v) is 2.58. The van der Waals surface area contributed by atoms with Gasteiger partial charge >= 0.3 is 0 Å². The minimum absolute atomic E-state index is 0.251. The van der Waals surface area contributed by atoms with Gasteiger partial charge in [0.1, 0.15) is 5.82 Å². The fourth-order valence-corrected chi connectivity index (χ4v) is 1.81. The smallest absolute Gasteiger partial charge is 0.126 e. The van der Waals surface area contributed by atoms with Gasteiger partial charge in [0, 0.05) is 0 Å². The van der Waals surface area contributed by atoms with Crippen LogP contribution in [0.3, 0.4) is 0 Å². The maximum absolute atomic E-state index is 13.2. The minimum atomic E-state index is -0.916. The van der Waals surface area contributed by atoms with Crippen molar-refractivity contribution >= 4 is 0 Å². The van der Waals surface area contributed by atoms with Crippen LogP contribution in [0.25, 0.3) is 0 Å². The molecule has 0 bridgehead atoms. The molecular weight excluding hydrogens is 179 g/mol. The third kappa shape index (κ3) is 2.13. The number of benzene rings is 1. The molecule has 0 unspecified atom stereocenters. The summed E-state index contributed by atoms with van der Waals surface area (Å²) in [7, 11) is 0. The number of hydrogen-bond acceptors (Lipinski definition) is 1. The predicted octanol–water partition coefficient (Wildman–Crippen LogP) is 3.14. The van der Waals surface area contributed by atoms with E-state index in [0.717, 1.165) is 6.42 Å². The highest BCUT2D eigenvalue weighted by Crippen LogP contribution is 2.29. The summed E-state index contributed by atoms with van der Waals surface area (Å²) in [6.45, 7) is 5.44. The van der Waals surface area contributed by atoms with Crippen LogP contribution in [0, 0.1) is 12.7 Å². The van der Waals surface area contributed by atoms with Gasteiger partial charge in [-0.05, 0) is 37.5 Å². The van der Waals surface area contributed by atoms with E-state index in [1.54, 1.807) is 26.0 Å². The molecule has 0 aliphatic heterocycles. The fraction of sp³-hybridized carbons (Fsp3) is 0.500. The zero-order chi connectivity index (χ0) is 10.8. The van der Waals surface area contributed by atoms with E-state index in [9.17, 15) is 9.50 Å². The summed E-state index contributed by atoms with van der Waals surface area (Å²) in [6, 6.07) is 4.84. The average Bonchev–Trinajstić information content (AvgIpc) is 2.09. The standard InChI is InChI=1S/C12H17FO/c1-4-8-12(3,14)10-6-5-7-11(13)9(10)2/h5-7,14H,4,8H2,1-3H3/t12-/m1/s1. The molecule has 1 rings (SSSR count). The van der Waals surface area contributed by atoms with Crippen molar-refractivity contribution in [2.45, 2.75) is 39.2 Å². The maximum atomic E-state index is 13.2. The highest BCUT2D eigenvalue weighted by molar-refractivity contribution is 5.31. The summed E-state index contributed by atoms with van der Waals surface area (Å²) in [5.74, 6) is -0.251. The Bertz CT molecular complexity index is 318. The molecule has 0 saturated carbocycles. The first-order chi connectivity index (χ1) is 6.49. The molecule has 2 heteroatoms. The van der Waals surface area contributed by atoms with Crippen LogP contribution >= 0.6 is 0 Å². The normalized spacial score (nSPS) is 15.2. The van der Waals surface area contributed by atoms with E-state index >= 15 is 0 Å². The van der Waals surface area contributed by atoms with Crippen LogP contribution in [0.4, 0.5) is 4.39 Å². The van der Waals surface area contributed by atoms with Crippen LogP contribution in [-0.4, -0.2) is 5.11 Å². The van der Waals surface area contributed by atoms with Crippen molar-refractivity contribution in [2.75, 3.05) is 0 Å². The van der Waals surface area contributed by atoms with Crippen LogP contribution in [0.2, 0.25) is 0 Å². The topological polar surface area (TPSA) is 20.2 Å². The summed E-state index contributed by atoms with van der Waals surface area (Å²) < 4.78 is 13.2. The Morgan fingerprint density at radius 1 is 1.43 bits per heavy atom. The Hall–Kier alpha value is -0.890. The lowest BCUT2D eigenvalue weighted by Crippen LogP contribution is -2.22. The van der Waals surface area contributed by atoms with Gasteiger partial charge in [0.15, 0.2) is 0 Å². The van der Waals surface area contributed by atoms with E-state index in [2.05, 4.69) is 0 Å². The lowest BCUT2D eigenvalue weighted by Gasteiger charge is -2.25. The average molecular weight is 196 g/mol. The Morgan fingerprint density at radius 2 is 2.07 bits per heavy atom. The molecule has 0 aliphatic carbocycles. The van der Waals surface area contributed by atoms with E-state index in [-0.39, 0.29) is 5.82 Å². The molecule has 0 amide bonds. The van der Waals surface area contributed by atoms with Crippen molar-refractivity contribution in [1.82, 2.24) is 0 Å². The number of halogens is 1. The Kier molecular flexibility index (Phi) is 3.27. The molecule has 78 valence electrons. The van der Waals surface area contributed by atoms with Gasteiger partial charge in [0.2, 0.25) is 0 Å². The van der Waals surface area contributed by atoms with E-state index in [1.165, 1.54) is 6.07 Å². The van der Waals surface area contributed by atoms with E-state index < -0.39 is 5.60 Å². The van der Waals surface area contributed by atoms with Crippen LogP contribution in [0.15, 0.2) is 18.2 Å². The molecule has 0 saturated heterocycles. The number of aliphatic hydroxyl groups is 1. The summed E-state index contributed by atoms with van der Waals surface area (Å²) in [4.78, 5) is 0. The molecule has 1 atom stereocenters. The Morgan fingerprint density at radius 3 is 2.64 bits per heavy atom. The molecule has 0 heterocycles. The van der Waals surface area contributed by atoms with Gasteiger partial charge in [-0.15, -0.1) is 0 Å². The van der Waals surface area contributed by atoms with Crippen molar-refractivity contribution in [3.05, 3.63) is 35.1 Å². The van der Waals surface area contributed by atoms with Crippen molar-refractivity contribution in [3.63, 3.8) is 0 Å². The second-order valence-corrected chi connectivity index (χ2v) is 3.94. The van der Waals surface area contributed by atoms with Gasteiger partial charge in [-0.3, -0.25) is 0 Å². The maximum Gasteiger partial charge on any atom is 0.126 e. The lowest BCUT2D eigenvalue weighted by molar-refractivity contribution is 0.0460. The molecule has 0 radical (unpaired) electrons. The van der Waals surface area contributed by atoms with E-state index in [1.807, 2.05) is 6.92 Å². The van der Waals surface area contributed by atoms with Crippen molar-refractivity contribution in [1.29, 1.82) is 0 Å². The Labute approximate surface area is 84.6 Å². The van der Waals surface area contributed by atoms with Gasteiger partial charge in [-0.25, -0.2) is 4.39 Å². The molecule has 0 fully saturated rings. The van der Waals surface area contributed by atoms with Gasteiger partial charge in [-0.2, -0.15) is 0 Å². The third-order valence-electron chi connectivity index (χ3n) is 2.58. The fourth-order valence-electron chi connectivity index (χ4n) is 1.81. The summed E-state index contributed by atoms with van der Waals surface area (Å²) in [5.41, 5.74) is 0.325. The molecule has 0 aromatic heterocycles. The lowest BCUT2D eigenvalue weighted by atomic mass is 9.88. The second kappa shape index (κ2) is 4.09. The van der Waals surface area contributed by atoms with Gasteiger partial charge in [0.05, 0.1) is 5.60 Å². The Balaban J connectivity index is 3.12. The van der Waals surface area contributed by atoms with E-state index in [0.29, 0.717) is 17.5 Å². The monoisotopic (exact) mass is 196 g/mol. The van der Waals surface area contributed by atoms with Gasteiger partial charge < -0.3 is 5.11 Å². The quantitative estimate of drug-likeness (QED) is 0.787. The molecule has 1 aromatic carbocycles. The van der Waals surface area contributed by atoms with E-state index in [4.69, 9.17) is 0 Å². The van der Waals surface area contributed by atoms with Gasteiger partial charge in [-0.1, -0.05) is 25.5 Å². The summed E-state index contributed by atoms with van der Waals surface area (Å²) in [6.07, 6.45) is 1.53. The zero-order valence-electron chi connectivity index (χ0n) is 8.97. The molecule has 1 N–H and O–H groups in total. The first kappa shape index (κ1) is 11.2. The first-order valence-electron chi connectivity index (χ1n) is 4.97. The van der Waals surface area contributed by atoms with Gasteiger partial charge in [0.25, 0.3) is 0 Å². The predicted molar refractivity (Wildman–Crippen MR) is 55.6 cm³/mol. The summed E-state index contributed by atoms with van der Waals surface area (Å²) >= 11 is 0. The van der Waals surface area contributed by atoms with Crippen molar-refractivity contribution in [3.8, 4) is 0 Å². The SMILES string of the molecule is CCC[C@@](C)(O)c1cccc(F)c1C. The summed E-state index contributed by atoms with van der Waals surface area (Å²) in [5, 5.41) is 10.1.